The minimum atomic E-state index is -0.662. The Bertz CT molecular complexity index is 1690. The highest BCUT2D eigenvalue weighted by molar-refractivity contribution is 5.92. The zero-order valence-electron chi connectivity index (χ0n) is 34.8. The van der Waals surface area contributed by atoms with Crippen molar-refractivity contribution < 1.29 is 52.7 Å². The van der Waals surface area contributed by atoms with Crippen LogP contribution in [0.25, 0.3) is 0 Å². The molecule has 0 atom stereocenters. The molecule has 0 radical (unpaired) electrons. The lowest BCUT2D eigenvalue weighted by atomic mass is 9.99. The molecule has 1 N–H and O–H groups in total. The largest absolute Gasteiger partial charge is 0.494 e. The zero-order chi connectivity index (χ0) is 42.2. The van der Waals surface area contributed by atoms with Crippen molar-refractivity contribution in [3.05, 3.63) is 96.6 Å². The SMILES string of the molecule is C=CC(=O)OCCCCCCOc1ccc(C(=O)Oc2ccc(OC(=O)c3ccc(OCCCCCCC(C)(C)OC(=O)CCCCCC(C)(C)O)cc3)cc2)cc1. The van der Waals surface area contributed by atoms with Crippen molar-refractivity contribution in [1.29, 1.82) is 0 Å². The second kappa shape index (κ2) is 25.3. The maximum absolute atomic E-state index is 12.7. The van der Waals surface area contributed by atoms with Crippen LogP contribution in [-0.2, 0) is 19.1 Å². The van der Waals surface area contributed by atoms with Gasteiger partial charge >= 0.3 is 23.9 Å². The molecule has 0 heterocycles. The van der Waals surface area contributed by atoms with Gasteiger partial charge in [-0.2, -0.15) is 0 Å². The first-order valence-corrected chi connectivity index (χ1v) is 20.5. The smallest absolute Gasteiger partial charge is 0.343 e. The summed E-state index contributed by atoms with van der Waals surface area (Å²) in [5.74, 6) is 0.288. The highest BCUT2D eigenvalue weighted by Crippen LogP contribution is 2.23. The highest BCUT2D eigenvalue weighted by atomic mass is 16.6. The molecule has 0 amide bonds. The Balaban J connectivity index is 1.26. The number of carbonyl (C=O) groups is 4. The molecule has 11 heteroatoms. The van der Waals surface area contributed by atoms with E-state index < -0.39 is 29.1 Å². The Labute approximate surface area is 344 Å². The van der Waals surface area contributed by atoms with E-state index in [0.717, 1.165) is 89.5 Å². The quantitative estimate of drug-likeness (QED) is 0.0324. The fourth-order valence-electron chi connectivity index (χ4n) is 5.87. The van der Waals surface area contributed by atoms with E-state index in [9.17, 15) is 24.3 Å². The maximum atomic E-state index is 12.7. The predicted molar refractivity (Wildman–Crippen MR) is 222 cm³/mol. The summed E-state index contributed by atoms with van der Waals surface area (Å²) in [4.78, 5) is 48.7. The van der Waals surface area contributed by atoms with E-state index >= 15 is 0 Å². The molecule has 58 heavy (non-hydrogen) atoms. The van der Waals surface area contributed by atoms with Gasteiger partial charge in [0.2, 0.25) is 0 Å². The molecule has 0 unspecified atom stereocenters. The molecule has 0 bridgehead atoms. The van der Waals surface area contributed by atoms with Crippen molar-refractivity contribution in [1.82, 2.24) is 0 Å². The standard InChI is InChI=1S/C47H62O11/c1-6-42(48)55-35-17-10-9-16-34-54-39-25-21-37(22-26-39)45(51)57-41-29-27-40(28-30-41)56-44(50)36-19-23-38(24-20-36)53-33-15-8-7-14-32-47(4,5)58-43(49)18-12-11-13-31-46(2,3)52/h6,19-30,52H,1,7-18,31-35H2,2-5H3. The molecule has 3 aromatic rings. The van der Waals surface area contributed by atoms with Gasteiger partial charge < -0.3 is 33.5 Å². The first kappa shape index (κ1) is 47.2. The van der Waals surface area contributed by atoms with Gasteiger partial charge in [-0.25, -0.2) is 14.4 Å². The van der Waals surface area contributed by atoms with Crippen LogP contribution in [0.2, 0.25) is 0 Å². The van der Waals surface area contributed by atoms with Gasteiger partial charge in [0, 0.05) is 12.5 Å². The average Bonchev–Trinajstić information content (AvgIpc) is 3.18. The van der Waals surface area contributed by atoms with Gasteiger partial charge in [-0.1, -0.05) is 32.3 Å². The zero-order valence-corrected chi connectivity index (χ0v) is 34.8. The van der Waals surface area contributed by atoms with Crippen molar-refractivity contribution >= 4 is 23.9 Å². The van der Waals surface area contributed by atoms with Gasteiger partial charge in [0.1, 0.15) is 28.6 Å². The monoisotopic (exact) mass is 802 g/mol. The molecular formula is C47H62O11. The highest BCUT2D eigenvalue weighted by Gasteiger charge is 2.22. The molecular weight excluding hydrogens is 741 g/mol. The Kier molecular flexibility index (Phi) is 20.6. The second-order valence-corrected chi connectivity index (χ2v) is 15.6. The predicted octanol–water partition coefficient (Wildman–Crippen LogP) is 10.2. The van der Waals surface area contributed by atoms with E-state index in [2.05, 4.69) is 6.58 Å². The third-order valence-electron chi connectivity index (χ3n) is 9.14. The van der Waals surface area contributed by atoms with Crippen molar-refractivity contribution in [3.8, 4) is 23.0 Å². The number of aliphatic hydroxyl groups is 1. The van der Waals surface area contributed by atoms with Gasteiger partial charge in [-0.3, -0.25) is 4.79 Å². The van der Waals surface area contributed by atoms with E-state index in [-0.39, 0.29) is 5.97 Å². The summed E-state index contributed by atoms with van der Waals surface area (Å²) < 4.78 is 33.3. The summed E-state index contributed by atoms with van der Waals surface area (Å²) in [6.07, 6.45) is 13.0. The fourth-order valence-corrected chi connectivity index (χ4v) is 5.87. The molecule has 3 aromatic carbocycles. The first-order valence-electron chi connectivity index (χ1n) is 20.5. The summed E-state index contributed by atoms with van der Waals surface area (Å²) in [7, 11) is 0. The van der Waals surface area contributed by atoms with Crippen LogP contribution in [0.5, 0.6) is 23.0 Å². The summed E-state index contributed by atoms with van der Waals surface area (Å²) in [6.45, 7) is 12.3. The maximum Gasteiger partial charge on any atom is 0.343 e. The minimum Gasteiger partial charge on any atom is -0.494 e. The molecule has 0 aliphatic heterocycles. The Morgan fingerprint density at radius 2 is 0.966 bits per heavy atom. The van der Waals surface area contributed by atoms with Crippen LogP contribution in [0.4, 0.5) is 0 Å². The molecule has 0 fully saturated rings. The molecule has 316 valence electrons. The third-order valence-corrected chi connectivity index (χ3v) is 9.14. The average molecular weight is 803 g/mol. The molecule has 0 aromatic heterocycles. The number of ether oxygens (including phenoxy) is 6. The van der Waals surface area contributed by atoms with Gasteiger partial charge in [0.25, 0.3) is 0 Å². The number of benzene rings is 3. The molecule has 11 nitrogen and oxygen atoms in total. The number of rotatable bonds is 28. The third kappa shape index (κ3) is 20.3. The lowest BCUT2D eigenvalue weighted by molar-refractivity contribution is -0.157. The van der Waals surface area contributed by atoms with Crippen molar-refractivity contribution in [3.63, 3.8) is 0 Å². The van der Waals surface area contributed by atoms with Crippen LogP contribution < -0.4 is 18.9 Å². The fraction of sp³-hybridized carbons (Fsp3) is 0.489. The molecule has 3 rings (SSSR count). The van der Waals surface area contributed by atoms with E-state index in [1.54, 1.807) is 86.6 Å². The normalized spacial score (nSPS) is 11.3. The topological polar surface area (TPSA) is 144 Å². The van der Waals surface area contributed by atoms with Gasteiger partial charge in [-0.15, -0.1) is 0 Å². The number of carbonyl (C=O) groups excluding carboxylic acids is 4. The van der Waals surface area contributed by atoms with Gasteiger partial charge in [0.15, 0.2) is 0 Å². The molecule has 0 aliphatic rings. The van der Waals surface area contributed by atoms with E-state index in [4.69, 9.17) is 28.4 Å². The van der Waals surface area contributed by atoms with E-state index in [1.165, 1.54) is 0 Å². The number of hydrogen-bond donors (Lipinski definition) is 1. The number of hydrogen-bond acceptors (Lipinski definition) is 11. The lowest BCUT2D eigenvalue weighted by Gasteiger charge is -2.25. The molecule has 0 spiro atoms. The number of esters is 4. The van der Waals surface area contributed by atoms with Crippen LogP contribution in [0.1, 0.15) is 138 Å². The van der Waals surface area contributed by atoms with Crippen molar-refractivity contribution in [2.45, 2.75) is 129 Å². The number of unbranched alkanes of at least 4 members (excludes halogenated alkanes) is 8. The summed E-state index contributed by atoms with van der Waals surface area (Å²) in [5.41, 5.74) is -0.426. The van der Waals surface area contributed by atoms with Crippen molar-refractivity contribution in [2.75, 3.05) is 19.8 Å². The Morgan fingerprint density at radius 1 is 0.552 bits per heavy atom. The van der Waals surface area contributed by atoms with Crippen LogP contribution in [0.15, 0.2) is 85.5 Å². The minimum absolute atomic E-state index is 0.162. The molecule has 0 saturated heterocycles. The van der Waals surface area contributed by atoms with E-state index in [0.29, 0.717) is 60.4 Å². The van der Waals surface area contributed by atoms with Crippen LogP contribution in [0.3, 0.4) is 0 Å². The van der Waals surface area contributed by atoms with Crippen LogP contribution in [0, 0.1) is 0 Å². The van der Waals surface area contributed by atoms with Crippen LogP contribution >= 0.6 is 0 Å². The molecule has 0 saturated carbocycles. The Morgan fingerprint density at radius 3 is 1.43 bits per heavy atom. The summed E-state index contributed by atoms with van der Waals surface area (Å²) in [6, 6.07) is 19.7. The lowest BCUT2D eigenvalue weighted by Crippen LogP contribution is -2.28. The van der Waals surface area contributed by atoms with Crippen LogP contribution in [-0.4, -0.2) is 60.0 Å². The molecule has 0 aliphatic carbocycles. The summed E-state index contributed by atoms with van der Waals surface area (Å²) >= 11 is 0. The van der Waals surface area contributed by atoms with Gasteiger partial charge in [0.05, 0.1) is 36.5 Å². The first-order chi connectivity index (χ1) is 27.7. The van der Waals surface area contributed by atoms with E-state index in [1.807, 2.05) is 13.8 Å². The Hall–Kier alpha value is -5.16. The second-order valence-electron chi connectivity index (χ2n) is 15.6. The summed E-state index contributed by atoms with van der Waals surface area (Å²) in [5, 5.41) is 9.79. The van der Waals surface area contributed by atoms with Crippen molar-refractivity contribution in [2.24, 2.45) is 0 Å². The van der Waals surface area contributed by atoms with Gasteiger partial charge in [-0.05, 0) is 158 Å².